The molecule has 0 spiro atoms. The van der Waals surface area contributed by atoms with Crippen molar-refractivity contribution < 1.29 is 8.42 Å². The van der Waals surface area contributed by atoms with Crippen LogP contribution in [0.25, 0.3) is 0 Å². The molecule has 1 aromatic rings. The predicted octanol–water partition coefficient (Wildman–Crippen LogP) is 2.72. The molecular weight excluding hydrogens is 246 g/mol. The van der Waals surface area contributed by atoms with Gasteiger partial charge < -0.3 is 0 Å². The van der Waals surface area contributed by atoms with Gasteiger partial charge in [-0.15, -0.1) is 0 Å². The third kappa shape index (κ3) is 2.59. The maximum atomic E-state index is 12.6. The van der Waals surface area contributed by atoms with Crippen LogP contribution in [-0.4, -0.2) is 25.8 Å². The highest BCUT2D eigenvalue weighted by Gasteiger charge is 2.28. The van der Waals surface area contributed by atoms with Crippen LogP contribution in [0.2, 0.25) is 0 Å². The van der Waals surface area contributed by atoms with Crippen molar-refractivity contribution in [2.75, 3.05) is 13.1 Å². The van der Waals surface area contributed by atoms with Crippen molar-refractivity contribution in [1.29, 1.82) is 0 Å². The highest BCUT2D eigenvalue weighted by atomic mass is 32.2. The van der Waals surface area contributed by atoms with Gasteiger partial charge in [-0.2, -0.15) is 4.31 Å². The molecule has 0 amide bonds. The molecule has 4 heteroatoms. The van der Waals surface area contributed by atoms with Gasteiger partial charge in [0.05, 0.1) is 4.90 Å². The SMILES string of the molecule is Cc1ccc(S(=O)(=O)N2CCC(C)CC2)c(C)c1. The number of nitrogens with zero attached hydrogens (tertiary/aromatic N) is 1. The first-order valence-corrected chi connectivity index (χ1v) is 7.92. The maximum absolute atomic E-state index is 12.6. The summed E-state index contributed by atoms with van der Waals surface area (Å²) in [6, 6.07) is 5.53. The van der Waals surface area contributed by atoms with Gasteiger partial charge in [0.1, 0.15) is 0 Å². The molecule has 1 aliphatic heterocycles. The van der Waals surface area contributed by atoms with Crippen LogP contribution in [0.4, 0.5) is 0 Å². The standard InChI is InChI=1S/C14H21NO2S/c1-11-6-8-15(9-7-11)18(16,17)14-5-4-12(2)10-13(14)3/h4-5,10-11H,6-9H2,1-3H3. The van der Waals surface area contributed by atoms with Gasteiger partial charge in [-0.25, -0.2) is 8.42 Å². The van der Waals surface area contributed by atoms with Gasteiger partial charge in [-0.3, -0.25) is 0 Å². The van der Waals surface area contributed by atoms with Gasteiger partial charge >= 0.3 is 0 Å². The smallest absolute Gasteiger partial charge is 0.207 e. The molecule has 3 nitrogen and oxygen atoms in total. The van der Waals surface area contributed by atoms with Gasteiger partial charge in [0.2, 0.25) is 10.0 Å². The second-order valence-corrected chi connectivity index (χ2v) is 7.26. The Labute approximate surface area is 110 Å². The fourth-order valence-electron chi connectivity index (χ4n) is 2.45. The van der Waals surface area contributed by atoms with Crippen LogP contribution in [0, 0.1) is 19.8 Å². The molecule has 18 heavy (non-hydrogen) atoms. The Hall–Kier alpha value is -0.870. The van der Waals surface area contributed by atoms with E-state index in [2.05, 4.69) is 6.92 Å². The number of hydrogen-bond acceptors (Lipinski definition) is 2. The van der Waals surface area contributed by atoms with Crippen LogP contribution in [0.5, 0.6) is 0 Å². The Morgan fingerprint density at radius 2 is 1.78 bits per heavy atom. The lowest BCUT2D eigenvalue weighted by atomic mass is 10.0. The molecule has 1 aliphatic rings. The molecule has 0 unspecified atom stereocenters. The summed E-state index contributed by atoms with van der Waals surface area (Å²) in [6.07, 6.45) is 1.92. The summed E-state index contributed by atoms with van der Waals surface area (Å²) in [5.41, 5.74) is 1.94. The number of rotatable bonds is 2. The van der Waals surface area contributed by atoms with E-state index in [1.807, 2.05) is 26.0 Å². The van der Waals surface area contributed by atoms with Crippen molar-refractivity contribution in [3.05, 3.63) is 29.3 Å². The first-order valence-electron chi connectivity index (χ1n) is 6.48. The van der Waals surface area contributed by atoms with Crippen molar-refractivity contribution in [1.82, 2.24) is 4.31 Å². The Kier molecular flexibility index (Phi) is 3.78. The van der Waals surface area contributed by atoms with Crippen LogP contribution in [0.1, 0.15) is 30.9 Å². The normalized spacial score (nSPS) is 19.1. The number of sulfonamides is 1. The minimum Gasteiger partial charge on any atom is -0.207 e. The van der Waals surface area contributed by atoms with Gasteiger partial charge in [0, 0.05) is 13.1 Å². The zero-order valence-electron chi connectivity index (χ0n) is 11.3. The molecule has 0 radical (unpaired) electrons. The summed E-state index contributed by atoms with van der Waals surface area (Å²) in [5, 5.41) is 0. The summed E-state index contributed by atoms with van der Waals surface area (Å²) >= 11 is 0. The van der Waals surface area contributed by atoms with Crippen LogP contribution in [0.15, 0.2) is 23.1 Å². The number of piperidine rings is 1. The van der Waals surface area contributed by atoms with Gasteiger partial charge in [-0.1, -0.05) is 24.6 Å². The summed E-state index contributed by atoms with van der Waals surface area (Å²) in [5.74, 6) is 0.635. The quantitative estimate of drug-likeness (QED) is 0.826. The van der Waals surface area contributed by atoms with Crippen molar-refractivity contribution in [2.45, 2.75) is 38.5 Å². The van der Waals surface area contributed by atoms with Crippen LogP contribution >= 0.6 is 0 Å². The van der Waals surface area contributed by atoms with E-state index in [9.17, 15) is 8.42 Å². The summed E-state index contributed by atoms with van der Waals surface area (Å²) in [6.45, 7) is 7.33. The molecular formula is C14H21NO2S. The Morgan fingerprint density at radius 1 is 1.17 bits per heavy atom. The van der Waals surface area contributed by atoms with E-state index in [1.54, 1.807) is 10.4 Å². The lowest BCUT2D eigenvalue weighted by Gasteiger charge is -2.29. The van der Waals surface area contributed by atoms with E-state index in [-0.39, 0.29) is 0 Å². The maximum Gasteiger partial charge on any atom is 0.243 e. The van der Waals surface area contributed by atoms with Gasteiger partial charge in [0.25, 0.3) is 0 Å². The number of aryl methyl sites for hydroxylation is 2. The van der Waals surface area contributed by atoms with Crippen molar-refractivity contribution in [3.8, 4) is 0 Å². The molecule has 1 heterocycles. The second-order valence-electron chi connectivity index (χ2n) is 5.36. The minimum atomic E-state index is -3.30. The molecule has 2 rings (SSSR count). The van der Waals surface area contributed by atoms with Crippen LogP contribution in [-0.2, 0) is 10.0 Å². The van der Waals surface area contributed by atoms with Crippen LogP contribution in [0.3, 0.4) is 0 Å². The zero-order valence-corrected chi connectivity index (χ0v) is 12.1. The molecule has 0 atom stereocenters. The minimum absolute atomic E-state index is 0.461. The fourth-order valence-corrected chi connectivity index (χ4v) is 4.13. The molecule has 1 fully saturated rings. The molecule has 0 N–H and O–H groups in total. The van der Waals surface area contributed by atoms with Crippen molar-refractivity contribution >= 4 is 10.0 Å². The van der Waals surface area contributed by atoms with E-state index in [0.717, 1.165) is 24.0 Å². The van der Waals surface area contributed by atoms with Crippen LogP contribution < -0.4 is 0 Å². The van der Waals surface area contributed by atoms with Crippen molar-refractivity contribution in [2.24, 2.45) is 5.92 Å². The molecule has 100 valence electrons. The second kappa shape index (κ2) is 5.02. The molecule has 0 aromatic heterocycles. The monoisotopic (exact) mass is 267 g/mol. The lowest BCUT2D eigenvalue weighted by Crippen LogP contribution is -2.38. The average molecular weight is 267 g/mol. The van der Waals surface area contributed by atoms with E-state index in [1.165, 1.54) is 0 Å². The topological polar surface area (TPSA) is 37.4 Å². The zero-order chi connectivity index (χ0) is 13.3. The Bertz CT molecular complexity index is 529. The van der Waals surface area contributed by atoms with Gasteiger partial charge in [-0.05, 0) is 44.2 Å². The molecule has 1 saturated heterocycles. The third-order valence-electron chi connectivity index (χ3n) is 3.69. The van der Waals surface area contributed by atoms with E-state index in [4.69, 9.17) is 0 Å². The summed E-state index contributed by atoms with van der Waals surface area (Å²) < 4.78 is 26.7. The highest BCUT2D eigenvalue weighted by Crippen LogP contribution is 2.25. The largest absolute Gasteiger partial charge is 0.243 e. The van der Waals surface area contributed by atoms with Crippen molar-refractivity contribution in [3.63, 3.8) is 0 Å². The van der Waals surface area contributed by atoms with E-state index < -0.39 is 10.0 Å². The third-order valence-corrected chi connectivity index (χ3v) is 5.75. The number of benzene rings is 1. The van der Waals surface area contributed by atoms with E-state index >= 15 is 0 Å². The molecule has 0 bridgehead atoms. The Balaban J connectivity index is 2.30. The predicted molar refractivity (Wildman–Crippen MR) is 73.1 cm³/mol. The lowest BCUT2D eigenvalue weighted by molar-refractivity contribution is 0.288. The van der Waals surface area contributed by atoms with E-state index in [0.29, 0.717) is 23.9 Å². The first kappa shape index (κ1) is 13.6. The van der Waals surface area contributed by atoms with Gasteiger partial charge in [0.15, 0.2) is 0 Å². The molecule has 0 saturated carbocycles. The molecule has 1 aromatic carbocycles. The average Bonchev–Trinajstić information content (AvgIpc) is 2.29. The summed E-state index contributed by atoms with van der Waals surface area (Å²) in [4.78, 5) is 0.461. The Morgan fingerprint density at radius 3 is 2.33 bits per heavy atom. The molecule has 0 aliphatic carbocycles. The summed E-state index contributed by atoms with van der Waals surface area (Å²) in [7, 11) is -3.30. The fraction of sp³-hybridized carbons (Fsp3) is 0.571. The highest BCUT2D eigenvalue weighted by molar-refractivity contribution is 7.89. The first-order chi connectivity index (χ1) is 8.41. The number of hydrogen-bond donors (Lipinski definition) is 0.